The van der Waals surface area contributed by atoms with Gasteiger partial charge >= 0.3 is 0 Å². The average molecular weight is 291 g/mol. The van der Waals surface area contributed by atoms with Crippen LogP contribution in [-0.2, 0) is 4.79 Å². The zero-order valence-corrected chi connectivity index (χ0v) is 12.0. The van der Waals surface area contributed by atoms with Gasteiger partial charge in [0.05, 0.1) is 6.04 Å². The molecule has 0 unspecified atom stereocenters. The molecule has 0 fully saturated rings. The van der Waals surface area contributed by atoms with Gasteiger partial charge in [0.25, 0.3) is 0 Å². The fourth-order valence-corrected chi connectivity index (χ4v) is 2.16. The largest absolute Gasteiger partial charge is 0.325 e. The van der Waals surface area contributed by atoms with E-state index in [4.69, 9.17) is 5.73 Å². The van der Waals surface area contributed by atoms with Gasteiger partial charge in [-0.05, 0) is 42.7 Å². The summed E-state index contributed by atoms with van der Waals surface area (Å²) in [6, 6.07) is 6.89. The predicted molar refractivity (Wildman–Crippen MR) is 81.4 cm³/mol. The van der Waals surface area contributed by atoms with Gasteiger partial charge in [-0.1, -0.05) is 0 Å². The number of benzene rings is 1. The molecule has 7 heteroatoms. The van der Waals surface area contributed by atoms with E-state index in [1.165, 1.54) is 6.33 Å². The monoisotopic (exact) mass is 291 g/mol. The lowest BCUT2D eigenvalue weighted by molar-refractivity contribution is -0.117. The number of hydrogen-bond donors (Lipinski definition) is 3. The summed E-state index contributed by atoms with van der Waals surface area (Å²) in [5, 5.41) is 9.38. The van der Waals surface area contributed by atoms with Crippen molar-refractivity contribution in [2.45, 2.75) is 12.5 Å². The Labute approximate surface area is 121 Å². The summed E-state index contributed by atoms with van der Waals surface area (Å²) in [5.74, 6) is 1.41. The number of amides is 1. The molecular formula is C13H17N5OS. The average Bonchev–Trinajstić information content (AvgIpc) is 2.99. The van der Waals surface area contributed by atoms with Crippen molar-refractivity contribution < 1.29 is 4.79 Å². The van der Waals surface area contributed by atoms with Gasteiger partial charge in [0, 0.05) is 11.3 Å². The number of H-pyrrole nitrogens is 1. The fraction of sp³-hybridized carbons (Fsp3) is 0.308. The molecule has 106 valence electrons. The van der Waals surface area contributed by atoms with E-state index in [0.29, 0.717) is 12.2 Å². The molecule has 2 aromatic rings. The Hall–Kier alpha value is -1.86. The van der Waals surface area contributed by atoms with E-state index in [1.807, 2.05) is 30.5 Å². The molecule has 1 aromatic heterocycles. The van der Waals surface area contributed by atoms with Crippen LogP contribution in [0.4, 0.5) is 5.69 Å². The van der Waals surface area contributed by atoms with E-state index < -0.39 is 6.04 Å². The van der Waals surface area contributed by atoms with Crippen LogP contribution < -0.4 is 11.1 Å². The van der Waals surface area contributed by atoms with Crippen molar-refractivity contribution in [1.82, 2.24) is 15.2 Å². The first-order valence-electron chi connectivity index (χ1n) is 6.22. The second kappa shape index (κ2) is 7.06. The van der Waals surface area contributed by atoms with Crippen LogP contribution in [0.5, 0.6) is 0 Å². The minimum atomic E-state index is -0.476. The summed E-state index contributed by atoms with van der Waals surface area (Å²) < 4.78 is 0. The fourth-order valence-electron chi connectivity index (χ4n) is 1.67. The first-order valence-corrected chi connectivity index (χ1v) is 7.61. The van der Waals surface area contributed by atoms with Crippen molar-refractivity contribution in [1.29, 1.82) is 0 Å². The molecule has 0 aliphatic heterocycles. The number of carbonyl (C=O) groups excluding carboxylic acids is 1. The number of aromatic nitrogens is 3. The highest BCUT2D eigenvalue weighted by Gasteiger charge is 2.13. The summed E-state index contributed by atoms with van der Waals surface area (Å²) in [5.41, 5.74) is 7.44. The molecule has 6 nitrogen and oxygen atoms in total. The number of rotatable bonds is 6. The number of carbonyl (C=O) groups is 1. The molecule has 0 spiro atoms. The van der Waals surface area contributed by atoms with E-state index in [1.54, 1.807) is 11.8 Å². The van der Waals surface area contributed by atoms with Crippen LogP contribution in [0.1, 0.15) is 6.42 Å². The first kappa shape index (κ1) is 14.5. The Morgan fingerprint density at radius 2 is 2.20 bits per heavy atom. The zero-order chi connectivity index (χ0) is 14.4. The molecule has 20 heavy (non-hydrogen) atoms. The molecule has 4 N–H and O–H groups in total. The molecule has 1 heterocycles. The van der Waals surface area contributed by atoms with Crippen LogP contribution in [0.15, 0.2) is 30.6 Å². The van der Waals surface area contributed by atoms with Gasteiger partial charge in [-0.2, -0.15) is 16.9 Å². The van der Waals surface area contributed by atoms with Gasteiger partial charge in [0.2, 0.25) is 5.91 Å². The van der Waals surface area contributed by atoms with Crippen LogP contribution in [0.3, 0.4) is 0 Å². The van der Waals surface area contributed by atoms with Crippen molar-refractivity contribution >= 4 is 23.4 Å². The van der Waals surface area contributed by atoms with Crippen molar-refractivity contribution in [2.75, 3.05) is 17.3 Å². The summed E-state index contributed by atoms with van der Waals surface area (Å²) in [6.07, 6.45) is 4.12. The van der Waals surface area contributed by atoms with E-state index in [0.717, 1.165) is 17.0 Å². The lowest BCUT2D eigenvalue weighted by Gasteiger charge is -2.11. The Morgan fingerprint density at radius 1 is 1.45 bits per heavy atom. The van der Waals surface area contributed by atoms with E-state index in [-0.39, 0.29) is 5.91 Å². The number of aromatic amines is 1. The quantitative estimate of drug-likeness (QED) is 0.749. The van der Waals surface area contributed by atoms with Crippen molar-refractivity contribution in [2.24, 2.45) is 5.73 Å². The maximum Gasteiger partial charge on any atom is 0.241 e. The maximum absolute atomic E-state index is 11.9. The van der Waals surface area contributed by atoms with Gasteiger partial charge < -0.3 is 11.1 Å². The second-order valence-corrected chi connectivity index (χ2v) is 5.27. The highest BCUT2D eigenvalue weighted by Crippen LogP contribution is 2.17. The SMILES string of the molecule is CSCC[C@H](N)C(=O)Nc1ccc(-c2ncn[nH]2)cc1. The Kier molecular flexibility index (Phi) is 5.14. The standard InChI is InChI=1S/C13H17N5OS/c1-20-7-6-11(14)13(19)17-10-4-2-9(3-5-10)12-15-8-16-18-12/h2-5,8,11H,6-7,14H2,1H3,(H,17,19)(H,15,16,18)/t11-/m0/s1. The van der Waals surface area contributed by atoms with Crippen LogP contribution in [0, 0.1) is 0 Å². The third-order valence-electron chi connectivity index (χ3n) is 2.81. The third kappa shape index (κ3) is 3.82. The smallest absolute Gasteiger partial charge is 0.241 e. The Morgan fingerprint density at radius 3 is 2.80 bits per heavy atom. The molecule has 0 aliphatic rings. The second-order valence-electron chi connectivity index (χ2n) is 4.29. The molecule has 0 saturated carbocycles. The zero-order valence-electron chi connectivity index (χ0n) is 11.2. The molecule has 0 bridgehead atoms. The van der Waals surface area contributed by atoms with Crippen molar-refractivity contribution in [3.63, 3.8) is 0 Å². The topological polar surface area (TPSA) is 96.7 Å². The van der Waals surface area contributed by atoms with Gasteiger partial charge in [-0.3, -0.25) is 9.89 Å². The van der Waals surface area contributed by atoms with Gasteiger partial charge in [-0.25, -0.2) is 4.98 Å². The van der Waals surface area contributed by atoms with E-state index in [9.17, 15) is 4.79 Å². The van der Waals surface area contributed by atoms with Crippen LogP contribution in [-0.4, -0.2) is 39.1 Å². The lowest BCUT2D eigenvalue weighted by atomic mass is 10.2. The summed E-state index contributed by atoms with van der Waals surface area (Å²) in [7, 11) is 0. The molecule has 2 rings (SSSR count). The molecule has 0 aliphatic carbocycles. The van der Waals surface area contributed by atoms with E-state index >= 15 is 0 Å². The number of nitrogens with zero attached hydrogens (tertiary/aromatic N) is 2. The molecular weight excluding hydrogens is 274 g/mol. The predicted octanol–water partition coefficient (Wildman–Crippen LogP) is 1.49. The minimum Gasteiger partial charge on any atom is -0.325 e. The Balaban J connectivity index is 1.95. The Bertz CT molecular complexity index is 540. The number of nitrogens with one attached hydrogen (secondary N) is 2. The van der Waals surface area contributed by atoms with Crippen molar-refractivity contribution in [3.8, 4) is 11.4 Å². The minimum absolute atomic E-state index is 0.161. The van der Waals surface area contributed by atoms with Crippen molar-refractivity contribution in [3.05, 3.63) is 30.6 Å². The number of thioether (sulfide) groups is 1. The third-order valence-corrected chi connectivity index (χ3v) is 3.45. The normalized spacial score (nSPS) is 12.1. The molecule has 1 aromatic carbocycles. The highest BCUT2D eigenvalue weighted by atomic mass is 32.2. The molecule has 1 amide bonds. The maximum atomic E-state index is 11.9. The van der Waals surface area contributed by atoms with Crippen LogP contribution >= 0.6 is 11.8 Å². The van der Waals surface area contributed by atoms with E-state index in [2.05, 4.69) is 20.5 Å². The summed E-state index contributed by atoms with van der Waals surface area (Å²) in [4.78, 5) is 15.9. The van der Waals surface area contributed by atoms with Gasteiger partial charge in [0.15, 0.2) is 5.82 Å². The first-order chi connectivity index (χ1) is 9.70. The summed E-state index contributed by atoms with van der Waals surface area (Å²) in [6.45, 7) is 0. The van der Waals surface area contributed by atoms with Gasteiger partial charge in [0.1, 0.15) is 6.33 Å². The number of hydrogen-bond acceptors (Lipinski definition) is 5. The molecule has 1 atom stereocenters. The van der Waals surface area contributed by atoms with Crippen LogP contribution in [0.25, 0.3) is 11.4 Å². The molecule has 0 radical (unpaired) electrons. The highest BCUT2D eigenvalue weighted by molar-refractivity contribution is 7.98. The number of anilines is 1. The van der Waals surface area contributed by atoms with Gasteiger partial charge in [-0.15, -0.1) is 0 Å². The number of nitrogens with two attached hydrogens (primary N) is 1. The van der Waals surface area contributed by atoms with Crippen LogP contribution in [0.2, 0.25) is 0 Å². The lowest BCUT2D eigenvalue weighted by Crippen LogP contribution is -2.36. The summed E-state index contributed by atoms with van der Waals surface area (Å²) >= 11 is 1.68. The molecule has 0 saturated heterocycles.